The number of carbonyl (C=O) groups is 3. The highest BCUT2D eigenvalue weighted by Crippen LogP contribution is 2.12. The summed E-state index contributed by atoms with van der Waals surface area (Å²) in [7, 11) is 0. The predicted octanol–water partition coefficient (Wildman–Crippen LogP) is 0.551. The topological polar surface area (TPSA) is 92.5 Å². The van der Waals surface area contributed by atoms with Gasteiger partial charge in [-0.3, -0.25) is 14.4 Å². The van der Waals surface area contributed by atoms with Gasteiger partial charge in [-0.25, -0.2) is 0 Å². The van der Waals surface area contributed by atoms with Gasteiger partial charge in [-0.05, 0) is 12.3 Å². The first-order chi connectivity index (χ1) is 9.81. The Morgan fingerprint density at radius 2 is 1.95 bits per heavy atom. The Hall–Kier alpha value is -1.43. The maximum atomic E-state index is 11.7. The summed E-state index contributed by atoms with van der Waals surface area (Å²) in [4.78, 5) is 35.8. The number of carbonyl (C=O) groups excluding carboxylic acids is 3. The van der Waals surface area contributed by atoms with Gasteiger partial charge >= 0.3 is 0 Å². The van der Waals surface area contributed by atoms with Crippen molar-refractivity contribution < 1.29 is 14.4 Å². The zero-order valence-electron chi connectivity index (χ0n) is 13.6. The largest absolute Gasteiger partial charge is 0.356 e. The molecule has 0 radical (unpaired) electrons. The lowest BCUT2D eigenvalue weighted by molar-refractivity contribution is -0.136. The van der Waals surface area contributed by atoms with Gasteiger partial charge in [-0.2, -0.15) is 0 Å². The van der Waals surface area contributed by atoms with Crippen LogP contribution in [0.4, 0.5) is 0 Å². The van der Waals surface area contributed by atoms with E-state index >= 15 is 0 Å². The molecule has 0 aromatic heterocycles. The fourth-order valence-electron chi connectivity index (χ4n) is 1.84. The van der Waals surface area contributed by atoms with E-state index in [2.05, 4.69) is 26.1 Å². The van der Waals surface area contributed by atoms with Crippen LogP contribution >= 0.6 is 0 Å². The van der Waals surface area contributed by atoms with Gasteiger partial charge in [0.15, 0.2) is 5.78 Å². The van der Waals surface area contributed by atoms with Gasteiger partial charge < -0.3 is 16.0 Å². The second-order valence-corrected chi connectivity index (χ2v) is 5.88. The summed E-state index contributed by atoms with van der Waals surface area (Å²) < 4.78 is 0. The van der Waals surface area contributed by atoms with Gasteiger partial charge in [0.25, 0.3) is 0 Å². The maximum Gasteiger partial charge on any atom is 0.224 e. The molecule has 1 aliphatic rings. The first-order valence-electron chi connectivity index (χ1n) is 7.59. The number of hydrogen-bond acceptors (Lipinski definition) is 4. The quantitative estimate of drug-likeness (QED) is 0.749. The number of rotatable bonds is 6. The second kappa shape index (κ2) is 10.3. The van der Waals surface area contributed by atoms with Crippen molar-refractivity contribution in [2.75, 3.05) is 26.2 Å². The maximum absolute atomic E-state index is 11.7. The van der Waals surface area contributed by atoms with E-state index in [0.29, 0.717) is 25.9 Å². The number of nitrogens with zero attached hydrogens (tertiary/aromatic N) is 1. The lowest BCUT2D eigenvalue weighted by Crippen LogP contribution is -2.41. The lowest BCUT2D eigenvalue weighted by atomic mass is 10.1. The third-order valence-electron chi connectivity index (χ3n) is 2.85. The molecule has 0 aliphatic carbocycles. The van der Waals surface area contributed by atoms with E-state index in [1.165, 1.54) is 4.90 Å². The molecular weight excluding hydrogens is 270 g/mol. The Bertz CT molecular complexity index is 353. The van der Waals surface area contributed by atoms with Crippen molar-refractivity contribution in [1.82, 2.24) is 10.2 Å². The van der Waals surface area contributed by atoms with E-state index in [1.807, 2.05) is 0 Å². The Morgan fingerprint density at radius 1 is 1.38 bits per heavy atom. The van der Waals surface area contributed by atoms with Gasteiger partial charge in [-0.1, -0.05) is 27.7 Å². The Labute approximate surface area is 127 Å². The van der Waals surface area contributed by atoms with Crippen LogP contribution in [0.3, 0.4) is 0 Å². The minimum absolute atomic E-state index is 0.00690. The van der Waals surface area contributed by atoms with Crippen LogP contribution in [0, 0.1) is 11.8 Å². The summed E-state index contributed by atoms with van der Waals surface area (Å²) in [6.45, 7) is 9.11. The third kappa shape index (κ3) is 8.45. The van der Waals surface area contributed by atoms with Crippen molar-refractivity contribution in [2.45, 2.75) is 40.5 Å². The molecule has 1 aliphatic heterocycles. The Morgan fingerprint density at radius 3 is 2.33 bits per heavy atom. The summed E-state index contributed by atoms with van der Waals surface area (Å²) in [5, 5.41) is 2.71. The molecule has 1 heterocycles. The molecule has 1 atom stereocenters. The minimum Gasteiger partial charge on any atom is -0.356 e. The summed E-state index contributed by atoms with van der Waals surface area (Å²) in [6, 6.07) is 0. The molecule has 21 heavy (non-hydrogen) atoms. The van der Waals surface area contributed by atoms with Crippen molar-refractivity contribution in [2.24, 2.45) is 17.6 Å². The molecule has 0 bridgehead atoms. The first kappa shape index (κ1) is 19.6. The SMILES string of the molecule is CC(C)C.CCC(=O)N(CC(=O)CN)CC1CCNC1=O. The number of ketones is 1. The zero-order valence-corrected chi connectivity index (χ0v) is 13.6. The van der Waals surface area contributed by atoms with Gasteiger partial charge in [0.1, 0.15) is 0 Å². The summed E-state index contributed by atoms with van der Waals surface area (Å²) >= 11 is 0. The third-order valence-corrected chi connectivity index (χ3v) is 2.85. The van der Waals surface area contributed by atoms with E-state index in [4.69, 9.17) is 5.73 Å². The molecule has 3 N–H and O–H groups in total. The van der Waals surface area contributed by atoms with E-state index in [1.54, 1.807) is 6.92 Å². The van der Waals surface area contributed by atoms with Gasteiger partial charge in [0.2, 0.25) is 11.8 Å². The van der Waals surface area contributed by atoms with Crippen molar-refractivity contribution >= 4 is 17.6 Å². The molecule has 1 rings (SSSR count). The normalized spacial score (nSPS) is 17.0. The highest BCUT2D eigenvalue weighted by atomic mass is 16.2. The highest BCUT2D eigenvalue weighted by Gasteiger charge is 2.28. The van der Waals surface area contributed by atoms with Crippen LogP contribution in [0.15, 0.2) is 0 Å². The number of amides is 2. The van der Waals surface area contributed by atoms with Crippen LogP contribution < -0.4 is 11.1 Å². The monoisotopic (exact) mass is 299 g/mol. The van der Waals surface area contributed by atoms with Crippen LogP contribution in [0.1, 0.15) is 40.5 Å². The smallest absolute Gasteiger partial charge is 0.224 e. The van der Waals surface area contributed by atoms with Crippen molar-refractivity contribution in [1.29, 1.82) is 0 Å². The highest BCUT2D eigenvalue weighted by molar-refractivity contribution is 5.88. The van der Waals surface area contributed by atoms with Crippen LogP contribution in [-0.2, 0) is 14.4 Å². The first-order valence-corrected chi connectivity index (χ1v) is 7.59. The molecule has 0 saturated carbocycles. The molecule has 6 nitrogen and oxygen atoms in total. The van der Waals surface area contributed by atoms with Crippen molar-refractivity contribution in [3.63, 3.8) is 0 Å². The van der Waals surface area contributed by atoms with Gasteiger partial charge in [-0.15, -0.1) is 0 Å². The predicted molar refractivity (Wildman–Crippen MR) is 82.6 cm³/mol. The van der Waals surface area contributed by atoms with E-state index < -0.39 is 0 Å². The standard InChI is InChI=1S/C11H19N3O3.C4H10/c1-2-10(16)14(7-9(15)5-12)6-8-3-4-13-11(8)17;1-4(2)3/h8H,2-7,12H2,1H3,(H,13,17);4H,1-3H3. The molecular formula is C15H29N3O3. The van der Waals surface area contributed by atoms with Crippen LogP contribution in [-0.4, -0.2) is 48.7 Å². The Balaban J connectivity index is 0.000000885. The fraction of sp³-hybridized carbons (Fsp3) is 0.800. The van der Waals surface area contributed by atoms with Crippen LogP contribution in [0.2, 0.25) is 0 Å². The van der Waals surface area contributed by atoms with Crippen LogP contribution in [0.5, 0.6) is 0 Å². The molecule has 2 amide bonds. The summed E-state index contributed by atoms with van der Waals surface area (Å²) in [5.74, 6) is 0.284. The number of nitrogens with two attached hydrogens (primary N) is 1. The minimum atomic E-state index is -0.198. The average molecular weight is 299 g/mol. The zero-order chi connectivity index (χ0) is 16.4. The summed E-state index contributed by atoms with van der Waals surface area (Å²) in [5.41, 5.74) is 5.23. The van der Waals surface area contributed by atoms with E-state index in [9.17, 15) is 14.4 Å². The van der Waals surface area contributed by atoms with E-state index in [-0.39, 0.29) is 36.6 Å². The average Bonchev–Trinajstić information content (AvgIpc) is 2.81. The molecule has 0 spiro atoms. The van der Waals surface area contributed by atoms with Gasteiger partial charge in [0.05, 0.1) is 19.0 Å². The number of hydrogen-bond donors (Lipinski definition) is 2. The van der Waals surface area contributed by atoms with Gasteiger partial charge in [0, 0.05) is 19.5 Å². The van der Waals surface area contributed by atoms with Crippen molar-refractivity contribution in [3.05, 3.63) is 0 Å². The fourth-order valence-corrected chi connectivity index (χ4v) is 1.84. The summed E-state index contributed by atoms with van der Waals surface area (Å²) in [6.07, 6.45) is 1.04. The molecule has 122 valence electrons. The lowest BCUT2D eigenvalue weighted by Gasteiger charge is -2.23. The molecule has 0 aromatic rings. The Kier molecular flexibility index (Phi) is 9.62. The molecule has 1 fully saturated rings. The van der Waals surface area contributed by atoms with Crippen molar-refractivity contribution in [3.8, 4) is 0 Å². The second-order valence-electron chi connectivity index (χ2n) is 5.88. The van der Waals surface area contributed by atoms with Crippen LogP contribution in [0.25, 0.3) is 0 Å². The molecule has 1 saturated heterocycles. The van der Waals surface area contributed by atoms with E-state index in [0.717, 1.165) is 5.92 Å². The number of nitrogens with one attached hydrogen (secondary N) is 1. The molecule has 6 heteroatoms. The molecule has 0 aromatic carbocycles. The number of Topliss-reactive ketones (excluding diaryl/α,β-unsaturated/α-hetero) is 1. The molecule has 1 unspecified atom stereocenters.